The van der Waals surface area contributed by atoms with E-state index in [0.29, 0.717) is 19.3 Å². The summed E-state index contributed by atoms with van der Waals surface area (Å²) in [5.74, 6) is -0.173. The summed E-state index contributed by atoms with van der Waals surface area (Å²) in [6.07, 6.45) is 37.2. The van der Waals surface area contributed by atoms with Gasteiger partial charge in [-0.3, -0.25) is 14.1 Å². The molecular formula is C39H69O9P. The molecule has 9 nitrogen and oxygen atoms in total. The average Bonchev–Trinajstić information content (AvgIpc) is 3.05. The molecule has 0 saturated carbocycles. The number of allylic oxidation sites excluding steroid dienone is 8. The molecule has 10 heteroatoms. The summed E-state index contributed by atoms with van der Waals surface area (Å²) in [5.41, 5.74) is 0. The molecule has 284 valence electrons. The zero-order chi connectivity index (χ0) is 36.3. The van der Waals surface area contributed by atoms with E-state index in [4.69, 9.17) is 24.4 Å². The minimum absolute atomic E-state index is 0.126. The number of ether oxygens (including phenoxy) is 2. The highest BCUT2D eigenvalue weighted by Gasteiger charge is 2.22. The van der Waals surface area contributed by atoms with Gasteiger partial charge in [-0.25, -0.2) is 4.57 Å². The van der Waals surface area contributed by atoms with Crippen molar-refractivity contribution in [1.82, 2.24) is 0 Å². The number of carbonyl (C=O) groups excluding carboxylic acids is 2. The van der Waals surface area contributed by atoms with Crippen LogP contribution in [-0.4, -0.2) is 52.8 Å². The van der Waals surface area contributed by atoms with Crippen LogP contribution in [0.2, 0.25) is 0 Å². The van der Waals surface area contributed by atoms with Crippen LogP contribution in [0.3, 0.4) is 0 Å². The third-order valence-electron chi connectivity index (χ3n) is 7.83. The summed E-state index contributed by atoms with van der Waals surface area (Å²) >= 11 is 0. The highest BCUT2D eigenvalue weighted by Crippen LogP contribution is 2.36. The number of esters is 2. The fourth-order valence-corrected chi connectivity index (χ4v) is 5.36. The van der Waals surface area contributed by atoms with Crippen molar-refractivity contribution in [2.45, 2.75) is 161 Å². The Labute approximate surface area is 297 Å². The Kier molecular flexibility index (Phi) is 33.0. The van der Waals surface area contributed by atoms with Crippen LogP contribution < -0.4 is 0 Å². The summed E-state index contributed by atoms with van der Waals surface area (Å²) in [7, 11) is -4.77. The standard InChI is InChI=1S/C39H69O9P/c1-36(2)30-26-22-18-14-11-12-15-19-23-27-31-38(41)46-34-37(35-47-49(43,44)45)48-39(42)32-28-24-20-16-10-8-6-4-3-5-7-9-13-17-21-25-29-33-40/h3,5-6,8-9,13,16,20,36-37,40H,4,7,10-12,14-15,17-19,21-35H2,1-2H3,(H2,43,44,45)/b5-3-,8-6-,13-9-,20-16-/t37-/m1/s1. The molecule has 0 aromatic rings. The second-order valence-electron chi connectivity index (χ2n) is 13.1. The molecule has 0 spiro atoms. The van der Waals surface area contributed by atoms with E-state index in [9.17, 15) is 14.2 Å². The van der Waals surface area contributed by atoms with Gasteiger partial charge in [-0.1, -0.05) is 133 Å². The lowest BCUT2D eigenvalue weighted by Crippen LogP contribution is -2.29. The highest BCUT2D eigenvalue weighted by atomic mass is 31.2. The van der Waals surface area contributed by atoms with Gasteiger partial charge in [0, 0.05) is 19.4 Å². The number of hydrogen-bond donors (Lipinski definition) is 3. The lowest BCUT2D eigenvalue weighted by molar-refractivity contribution is -0.161. The number of hydrogen-bond acceptors (Lipinski definition) is 7. The number of phosphoric acid groups is 1. The van der Waals surface area contributed by atoms with Crippen LogP contribution in [-0.2, 0) is 28.2 Å². The molecule has 0 rings (SSSR count). The van der Waals surface area contributed by atoms with Crippen LogP contribution in [0.25, 0.3) is 0 Å². The predicted molar refractivity (Wildman–Crippen MR) is 199 cm³/mol. The van der Waals surface area contributed by atoms with E-state index >= 15 is 0 Å². The van der Waals surface area contributed by atoms with E-state index in [0.717, 1.165) is 70.1 Å². The maximum Gasteiger partial charge on any atom is 0.469 e. The van der Waals surface area contributed by atoms with Crippen molar-refractivity contribution >= 4 is 19.8 Å². The Bertz CT molecular complexity index is 952. The molecule has 0 fully saturated rings. The quantitative estimate of drug-likeness (QED) is 0.0257. The molecule has 0 radical (unpaired) electrons. The van der Waals surface area contributed by atoms with Crippen LogP contribution in [0, 0.1) is 5.92 Å². The first-order valence-corrected chi connectivity index (χ1v) is 20.4. The van der Waals surface area contributed by atoms with Crippen molar-refractivity contribution in [1.29, 1.82) is 0 Å². The van der Waals surface area contributed by atoms with Crippen molar-refractivity contribution < 1.29 is 43.0 Å². The van der Waals surface area contributed by atoms with Crippen LogP contribution in [0.4, 0.5) is 0 Å². The van der Waals surface area contributed by atoms with Crippen LogP contribution in [0.5, 0.6) is 0 Å². The maximum atomic E-state index is 12.3. The molecular weight excluding hydrogens is 643 g/mol. The fraction of sp³-hybridized carbons (Fsp3) is 0.744. The molecule has 0 aliphatic rings. The molecule has 0 saturated heterocycles. The van der Waals surface area contributed by atoms with Gasteiger partial charge in [0.05, 0.1) is 6.61 Å². The Morgan fingerprint density at radius 1 is 0.592 bits per heavy atom. The van der Waals surface area contributed by atoms with Crippen molar-refractivity contribution in [3.8, 4) is 0 Å². The molecule has 0 aromatic heterocycles. The molecule has 0 unspecified atom stereocenters. The Morgan fingerprint density at radius 3 is 1.59 bits per heavy atom. The van der Waals surface area contributed by atoms with Crippen molar-refractivity contribution in [3.63, 3.8) is 0 Å². The van der Waals surface area contributed by atoms with Gasteiger partial charge in [-0.2, -0.15) is 0 Å². The van der Waals surface area contributed by atoms with Gasteiger partial charge in [0.25, 0.3) is 0 Å². The van der Waals surface area contributed by atoms with Gasteiger partial charge in [-0.15, -0.1) is 0 Å². The number of aliphatic hydroxyl groups is 1. The Hall–Kier alpha value is -2.03. The normalized spacial score (nSPS) is 13.1. The minimum Gasteiger partial charge on any atom is -0.462 e. The van der Waals surface area contributed by atoms with Crippen LogP contribution >= 0.6 is 7.82 Å². The van der Waals surface area contributed by atoms with Gasteiger partial charge in [0.2, 0.25) is 0 Å². The topological polar surface area (TPSA) is 140 Å². The highest BCUT2D eigenvalue weighted by molar-refractivity contribution is 7.46. The largest absolute Gasteiger partial charge is 0.469 e. The first-order valence-electron chi connectivity index (χ1n) is 18.9. The second-order valence-corrected chi connectivity index (χ2v) is 14.3. The second kappa shape index (κ2) is 34.4. The monoisotopic (exact) mass is 712 g/mol. The van der Waals surface area contributed by atoms with Crippen LogP contribution in [0.1, 0.15) is 155 Å². The van der Waals surface area contributed by atoms with Crippen LogP contribution in [0.15, 0.2) is 48.6 Å². The zero-order valence-electron chi connectivity index (χ0n) is 30.7. The predicted octanol–water partition coefficient (Wildman–Crippen LogP) is 10.0. The summed E-state index contributed by atoms with van der Waals surface area (Å²) in [6, 6.07) is 0. The molecule has 1 atom stereocenters. The fourth-order valence-electron chi connectivity index (χ4n) is 5.00. The molecule has 0 aromatic carbocycles. The minimum atomic E-state index is -4.77. The molecule has 0 amide bonds. The SMILES string of the molecule is CC(C)CCCCCCCCCCCCC(=O)OC[C@H](COP(=O)(O)O)OC(=O)CCC/C=C\C/C=C\C/C=C\C/C=C\CCCCCO. The first-order chi connectivity index (χ1) is 23.6. The van der Waals surface area contributed by atoms with E-state index in [2.05, 4.69) is 54.8 Å². The Morgan fingerprint density at radius 2 is 1.06 bits per heavy atom. The van der Waals surface area contributed by atoms with E-state index in [1.54, 1.807) is 0 Å². The number of unbranched alkanes of at least 4 members (excludes halogenated alkanes) is 13. The molecule has 0 aliphatic heterocycles. The van der Waals surface area contributed by atoms with E-state index in [-0.39, 0.29) is 26.1 Å². The number of phosphoric ester groups is 1. The summed E-state index contributed by atoms with van der Waals surface area (Å²) in [6.45, 7) is 3.94. The lowest BCUT2D eigenvalue weighted by atomic mass is 10.0. The van der Waals surface area contributed by atoms with Gasteiger partial charge < -0.3 is 24.4 Å². The third kappa shape index (κ3) is 38.6. The van der Waals surface area contributed by atoms with Crippen molar-refractivity contribution in [3.05, 3.63) is 48.6 Å². The summed E-state index contributed by atoms with van der Waals surface area (Å²) < 4.78 is 26.2. The van der Waals surface area contributed by atoms with E-state index in [1.165, 1.54) is 44.9 Å². The van der Waals surface area contributed by atoms with Gasteiger partial charge in [-0.05, 0) is 63.7 Å². The number of aliphatic hydroxyl groups excluding tert-OH is 1. The smallest absolute Gasteiger partial charge is 0.462 e. The van der Waals surface area contributed by atoms with Crippen molar-refractivity contribution in [2.24, 2.45) is 5.92 Å². The molecule has 0 heterocycles. The average molecular weight is 713 g/mol. The van der Waals surface area contributed by atoms with Gasteiger partial charge in [0.1, 0.15) is 6.61 Å². The first kappa shape index (κ1) is 47.0. The maximum absolute atomic E-state index is 12.3. The molecule has 3 N–H and O–H groups in total. The summed E-state index contributed by atoms with van der Waals surface area (Å²) in [5, 5.41) is 8.76. The summed E-state index contributed by atoms with van der Waals surface area (Å²) in [4.78, 5) is 42.7. The van der Waals surface area contributed by atoms with E-state index < -0.39 is 32.5 Å². The van der Waals surface area contributed by atoms with E-state index in [1.807, 2.05) is 12.2 Å². The third-order valence-corrected chi connectivity index (χ3v) is 8.32. The molecule has 49 heavy (non-hydrogen) atoms. The Balaban J connectivity index is 4.08. The van der Waals surface area contributed by atoms with Crippen molar-refractivity contribution in [2.75, 3.05) is 19.8 Å². The lowest BCUT2D eigenvalue weighted by Gasteiger charge is -2.18. The van der Waals surface area contributed by atoms with Gasteiger partial charge >= 0.3 is 19.8 Å². The number of rotatable bonds is 34. The van der Waals surface area contributed by atoms with Gasteiger partial charge in [0.15, 0.2) is 6.10 Å². The zero-order valence-corrected chi connectivity index (χ0v) is 31.6. The molecule has 0 bridgehead atoms. The number of carbonyl (C=O) groups is 2. The molecule has 0 aliphatic carbocycles.